The second-order valence-electron chi connectivity index (χ2n) is 5.96. The van der Waals surface area contributed by atoms with Gasteiger partial charge in [-0.15, -0.1) is 0 Å². The molecule has 1 aliphatic heterocycles. The number of nitrogens with zero attached hydrogens (tertiary/aromatic N) is 1. The lowest BCUT2D eigenvalue weighted by Crippen LogP contribution is -2.42. The molecule has 0 saturated carbocycles. The van der Waals surface area contributed by atoms with Gasteiger partial charge in [0.2, 0.25) is 0 Å². The van der Waals surface area contributed by atoms with Gasteiger partial charge in [0.25, 0.3) is 5.91 Å². The van der Waals surface area contributed by atoms with Crippen LogP contribution < -0.4 is 16.3 Å². The Kier molecular flexibility index (Phi) is 5.86. The first kappa shape index (κ1) is 16.4. The second kappa shape index (κ2) is 7.87. The van der Waals surface area contributed by atoms with Crippen molar-refractivity contribution < 1.29 is 4.79 Å². The molecule has 22 heavy (non-hydrogen) atoms. The van der Waals surface area contributed by atoms with Crippen LogP contribution in [-0.2, 0) is 4.79 Å². The average Bonchev–Trinajstić information content (AvgIpc) is 2.98. The molecule has 1 aromatic carbocycles. The van der Waals surface area contributed by atoms with Crippen LogP contribution in [0, 0.1) is 5.92 Å². The van der Waals surface area contributed by atoms with E-state index < -0.39 is 0 Å². The lowest BCUT2D eigenvalue weighted by atomic mass is 9.99. The van der Waals surface area contributed by atoms with E-state index in [2.05, 4.69) is 35.2 Å². The van der Waals surface area contributed by atoms with Crippen LogP contribution >= 0.6 is 0 Å². The molecule has 1 saturated heterocycles. The van der Waals surface area contributed by atoms with Crippen LogP contribution in [0.1, 0.15) is 32.8 Å². The SMILES string of the molecule is CC(/C=N/NC(=O)C1CC(C(C)C)NN1)=C\c1ccccc1. The summed E-state index contributed by atoms with van der Waals surface area (Å²) in [5.74, 6) is 0.379. The standard InChI is InChI=1S/C17H24N4O/c1-12(2)15-10-16(20-19-15)17(22)21-18-11-13(3)9-14-7-5-4-6-8-14/h4-9,11-12,15-16,19-20H,10H2,1-3H3,(H,21,22)/b13-9+,18-11+. The molecule has 118 valence electrons. The van der Waals surface area contributed by atoms with E-state index in [1.54, 1.807) is 6.21 Å². The van der Waals surface area contributed by atoms with Crippen LogP contribution in [0.3, 0.4) is 0 Å². The van der Waals surface area contributed by atoms with E-state index in [1.807, 2.05) is 43.3 Å². The molecule has 1 aliphatic rings. The number of carbonyl (C=O) groups excluding carboxylic acids is 1. The fourth-order valence-corrected chi connectivity index (χ4v) is 2.32. The Hall–Kier alpha value is -1.98. The van der Waals surface area contributed by atoms with Gasteiger partial charge in [-0.05, 0) is 30.4 Å². The van der Waals surface area contributed by atoms with Gasteiger partial charge in [0.05, 0.1) is 6.21 Å². The van der Waals surface area contributed by atoms with Crippen molar-refractivity contribution in [3.8, 4) is 0 Å². The van der Waals surface area contributed by atoms with Gasteiger partial charge in [-0.2, -0.15) is 5.10 Å². The molecule has 0 aromatic heterocycles. The molecule has 3 N–H and O–H groups in total. The third-order valence-electron chi connectivity index (χ3n) is 3.69. The molecule has 5 nitrogen and oxygen atoms in total. The number of amides is 1. The van der Waals surface area contributed by atoms with Crippen molar-refractivity contribution in [2.24, 2.45) is 11.0 Å². The van der Waals surface area contributed by atoms with Crippen molar-refractivity contribution in [3.05, 3.63) is 41.5 Å². The molecule has 1 heterocycles. The van der Waals surface area contributed by atoms with Gasteiger partial charge in [-0.3, -0.25) is 10.2 Å². The van der Waals surface area contributed by atoms with E-state index >= 15 is 0 Å². The highest BCUT2D eigenvalue weighted by Gasteiger charge is 2.30. The second-order valence-corrected chi connectivity index (χ2v) is 5.96. The van der Waals surface area contributed by atoms with E-state index in [0.717, 1.165) is 17.6 Å². The maximum absolute atomic E-state index is 12.0. The molecule has 5 heteroatoms. The Balaban J connectivity index is 1.82. The number of benzene rings is 1. The minimum atomic E-state index is -0.233. The summed E-state index contributed by atoms with van der Waals surface area (Å²) in [6.07, 6.45) is 4.45. The average molecular weight is 300 g/mol. The lowest BCUT2D eigenvalue weighted by Gasteiger charge is -2.12. The maximum atomic E-state index is 12.0. The maximum Gasteiger partial charge on any atom is 0.258 e. The summed E-state index contributed by atoms with van der Waals surface area (Å²) in [7, 11) is 0. The fraction of sp³-hybridized carbons (Fsp3) is 0.412. The zero-order valence-electron chi connectivity index (χ0n) is 13.3. The van der Waals surface area contributed by atoms with Crippen LogP contribution in [0.4, 0.5) is 0 Å². The first-order valence-electron chi connectivity index (χ1n) is 7.63. The monoisotopic (exact) mass is 300 g/mol. The number of nitrogens with one attached hydrogen (secondary N) is 3. The molecule has 2 rings (SSSR count). The van der Waals surface area contributed by atoms with Crippen molar-refractivity contribution in [2.75, 3.05) is 0 Å². The first-order valence-corrected chi connectivity index (χ1v) is 7.63. The van der Waals surface area contributed by atoms with Crippen LogP contribution in [0.5, 0.6) is 0 Å². The molecule has 2 atom stereocenters. The van der Waals surface area contributed by atoms with Crippen LogP contribution in [-0.4, -0.2) is 24.2 Å². The van der Waals surface area contributed by atoms with Crippen molar-refractivity contribution in [3.63, 3.8) is 0 Å². The summed E-state index contributed by atoms with van der Waals surface area (Å²) in [5, 5.41) is 4.02. The molecule has 1 fully saturated rings. The van der Waals surface area contributed by atoms with Crippen molar-refractivity contribution in [2.45, 2.75) is 39.3 Å². The summed E-state index contributed by atoms with van der Waals surface area (Å²) in [5.41, 5.74) is 10.8. The van der Waals surface area contributed by atoms with Crippen LogP contribution in [0.25, 0.3) is 6.08 Å². The van der Waals surface area contributed by atoms with Gasteiger partial charge >= 0.3 is 0 Å². The first-order chi connectivity index (χ1) is 10.6. The fourth-order valence-electron chi connectivity index (χ4n) is 2.32. The Morgan fingerprint density at radius 3 is 2.68 bits per heavy atom. The molecular weight excluding hydrogens is 276 g/mol. The number of allylic oxidation sites excluding steroid dienone is 1. The number of carbonyl (C=O) groups is 1. The highest BCUT2D eigenvalue weighted by molar-refractivity contribution is 5.87. The third-order valence-corrected chi connectivity index (χ3v) is 3.69. The number of rotatable bonds is 5. The van der Waals surface area contributed by atoms with Gasteiger partial charge in [-0.25, -0.2) is 10.9 Å². The molecule has 1 aromatic rings. The van der Waals surface area contributed by atoms with Crippen molar-refractivity contribution >= 4 is 18.2 Å². The lowest BCUT2D eigenvalue weighted by molar-refractivity contribution is -0.122. The van der Waals surface area contributed by atoms with Gasteiger partial charge < -0.3 is 0 Å². The Labute approximate surface area is 131 Å². The third kappa shape index (κ3) is 4.79. The Morgan fingerprint density at radius 1 is 1.32 bits per heavy atom. The van der Waals surface area contributed by atoms with Crippen LogP contribution in [0.2, 0.25) is 0 Å². The topological polar surface area (TPSA) is 65.5 Å². The molecule has 0 spiro atoms. The largest absolute Gasteiger partial charge is 0.271 e. The normalized spacial score (nSPS) is 22.5. The Morgan fingerprint density at radius 2 is 2.05 bits per heavy atom. The van der Waals surface area contributed by atoms with Crippen molar-refractivity contribution in [1.82, 2.24) is 16.3 Å². The van der Waals surface area contributed by atoms with E-state index in [9.17, 15) is 4.79 Å². The highest BCUT2D eigenvalue weighted by atomic mass is 16.2. The van der Waals surface area contributed by atoms with E-state index in [0.29, 0.717) is 12.0 Å². The van der Waals surface area contributed by atoms with Gasteiger partial charge in [0.1, 0.15) is 6.04 Å². The number of hydrogen-bond donors (Lipinski definition) is 3. The molecule has 0 radical (unpaired) electrons. The minimum absolute atomic E-state index is 0.112. The number of hydrogen-bond acceptors (Lipinski definition) is 4. The summed E-state index contributed by atoms with van der Waals surface area (Å²) >= 11 is 0. The molecule has 2 unspecified atom stereocenters. The highest BCUT2D eigenvalue weighted by Crippen LogP contribution is 2.13. The number of hydrazone groups is 1. The molecular formula is C17H24N4O. The molecule has 0 bridgehead atoms. The van der Waals surface area contributed by atoms with E-state index in [1.165, 1.54) is 0 Å². The van der Waals surface area contributed by atoms with E-state index in [-0.39, 0.29) is 11.9 Å². The summed E-state index contributed by atoms with van der Waals surface area (Å²) in [6.45, 7) is 6.22. The number of hydrazine groups is 1. The van der Waals surface area contributed by atoms with Crippen LogP contribution in [0.15, 0.2) is 41.0 Å². The summed E-state index contributed by atoms with van der Waals surface area (Å²) in [4.78, 5) is 12.0. The predicted molar refractivity (Wildman–Crippen MR) is 90.0 cm³/mol. The predicted octanol–water partition coefficient (Wildman–Crippen LogP) is 2.08. The van der Waals surface area contributed by atoms with E-state index in [4.69, 9.17) is 0 Å². The zero-order valence-corrected chi connectivity index (χ0v) is 13.3. The van der Waals surface area contributed by atoms with Gasteiger partial charge in [-0.1, -0.05) is 50.3 Å². The van der Waals surface area contributed by atoms with Gasteiger partial charge in [0, 0.05) is 6.04 Å². The zero-order chi connectivity index (χ0) is 15.9. The molecule has 1 amide bonds. The Bertz CT molecular complexity index is 551. The minimum Gasteiger partial charge on any atom is -0.271 e. The van der Waals surface area contributed by atoms with Gasteiger partial charge in [0.15, 0.2) is 0 Å². The van der Waals surface area contributed by atoms with Crippen molar-refractivity contribution in [1.29, 1.82) is 0 Å². The molecule has 0 aliphatic carbocycles. The summed E-state index contributed by atoms with van der Waals surface area (Å²) < 4.78 is 0. The summed E-state index contributed by atoms with van der Waals surface area (Å²) in [6, 6.07) is 10.1. The smallest absolute Gasteiger partial charge is 0.258 e. The quantitative estimate of drug-likeness (QED) is 0.576.